The van der Waals surface area contributed by atoms with Gasteiger partial charge in [0.25, 0.3) is 0 Å². The Bertz CT molecular complexity index is 341. The third-order valence-corrected chi connectivity index (χ3v) is 4.97. The average Bonchev–Trinajstić information content (AvgIpc) is 2.66. The summed E-state index contributed by atoms with van der Waals surface area (Å²) in [5.74, 6) is 0. The summed E-state index contributed by atoms with van der Waals surface area (Å²) in [6, 6.07) is 2.18. The fourth-order valence-electron chi connectivity index (χ4n) is 1.72. The normalized spacial score (nSPS) is 14.1. The van der Waals surface area contributed by atoms with Crippen molar-refractivity contribution in [1.82, 2.24) is 0 Å². The van der Waals surface area contributed by atoms with Crippen LogP contribution in [0.25, 0.3) is 0 Å². The highest BCUT2D eigenvalue weighted by Crippen LogP contribution is 2.41. The molecule has 0 saturated carbocycles. The lowest BCUT2D eigenvalue weighted by Crippen LogP contribution is -2.36. The van der Waals surface area contributed by atoms with Crippen molar-refractivity contribution in [3.05, 3.63) is 22.4 Å². The summed E-state index contributed by atoms with van der Waals surface area (Å²) in [5, 5.41) is 4.31. The molecule has 2 heteroatoms. The van der Waals surface area contributed by atoms with Gasteiger partial charge in [-0.15, -0.1) is 0 Å². The molecular formula is C15H25FS. The Balaban J connectivity index is 2.68. The molecule has 1 aromatic rings. The first-order valence-corrected chi connectivity index (χ1v) is 7.22. The van der Waals surface area contributed by atoms with Crippen LogP contribution in [0, 0.1) is 5.41 Å². The largest absolute Gasteiger partial charge is 0.244 e. The molecule has 17 heavy (non-hydrogen) atoms. The van der Waals surface area contributed by atoms with E-state index in [9.17, 15) is 4.39 Å². The molecule has 98 valence electrons. The molecule has 0 aliphatic heterocycles. The van der Waals surface area contributed by atoms with Crippen molar-refractivity contribution in [2.75, 3.05) is 0 Å². The van der Waals surface area contributed by atoms with Crippen LogP contribution in [0.5, 0.6) is 0 Å². The van der Waals surface area contributed by atoms with Gasteiger partial charge in [-0.25, -0.2) is 4.39 Å². The minimum Gasteiger partial charge on any atom is -0.244 e. The first kappa shape index (κ1) is 14.7. The molecule has 0 fully saturated rings. The molecule has 1 rings (SSSR count). The van der Waals surface area contributed by atoms with Gasteiger partial charge in [-0.1, -0.05) is 27.7 Å². The topological polar surface area (TPSA) is 0 Å². The van der Waals surface area contributed by atoms with E-state index >= 15 is 0 Å². The Morgan fingerprint density at radius 1 is 1.06 bits per heavy atom. The van der Waals surface area contributed by atoms with Gasteiger partial charge in [0.15, 0.2) is 0 Å². The van der Waals surface area contributed by atoms with E-state index in [1.807, 2.05) is 13.8 Å². The second kappa shape index (κ2) is 4.72. The predicted octanol–water partition coefficient (Wildman–Crippen LogP) is 5.58. The molecule has 0 bridgehead atoms. The molecule has 0 amide bonds. The standard InChI is InChI=1S/C15H25FS/c1-13(2,12-7-10-17-11-12)8-9-14(3,4)15(5,6)16/h7,10-11H,8-9H2,1-6H3. The lowest BCUT2D eigenvalue weighted by molar-refractivity contribution is 0.0392. The number of thiophene rings is 1. The summed E-state index contributed by atoms with van der Waals surface area (Å²) in [4.78, 5) is 0. The van der Waals surface area contributed by atoms with Crippen molar-refractivity contribution in [3.8, 4) is 0 Å². The molecular weight excluding hydrogens is 231 g/mol. The van der Waals surface area contributed by atoms with E-state index in [-0.39, 0.29) is 10.8 Å². The minimum atomic E-state index is -1.13. The van der Waals surface area contributed by atoms with E-state index in [2.05, 4.69) is 30.7 Å². The lowest BCUT2D eigenvalue weighted by atomic mass is 9.70. The van der Waals surface area contributed by atoms with Crippen molar-refractivity contribution < 1.29 is 4.39 Å². The van der Waals surface area contributed by atoms with Crippen LogP contribution in [0.3, 0.4) is 0 Å². The minimum absolute atomic E-state index is 0.141. The Morgan fingerprint density at radius 2 is 1.65 bits per heavy atom. The van der Waals surface area contributed by atoms with Gasteiger partial charge in [-0.05, 0) is 59.9 Å². The fourth-order valence-corrected chi connectivity index (χ4v) is 2.56. The number of hydrogen-bond acceptors (Lipinski definition) is 1. The average molecular weight is 256 g/mol. The van der Waals surface area contributed by atoms with Gasteiger partial charge in [0, 0.05) is 0 Å². The van der Waals surface area contributed by atoms with Crippen molar-refractivity contribution in [2.24, 2.45) is 5.41 Å². The summed E-state index contributed by atoms with van der Waals surface area (Å²) in [7, 11) is 0. The van der Waals surface area contributed by atoms with Crippen LogP contribution < -0.4 is 0 Å². The Labute approximate surface area is 109 Å². The molecule has 0 radical (unpaired) electrons. The zero-order chi connectivity index (χ0) is 13.3. The van der Waals surface area contributed by atoms with Crippen LogP contribution in [0.2, 0.25) is 0 Å². The maximum absolute atomic E-state index is 14.1. The molecule has 0 aliphatic rings. The smallest absolute Gasteiger partial charge is 0.110 e. The summed E-state index contributed by atoms with van der Waals surface area (Å²) in [6.07, 6.45) is 1.92. The van der Waals surface area contributed by atoms with Crippen LogP contribution in [0.4, 0.5) is 4.39 Å². The van der Waals surface area contributed by atoms with Crippen molar-refractivity contribution >= 4 is 11.3 Å². The zero-order valence-electron chi connectivity index (χ0n) is 11.9. The van der Waals surface area contributed by atoms with Gasteiger partial charge in [0.05, 0.1) is 0 Å². The van der Waals surface area contributed by atoms with Gasteiger partial charge in [0.1, 0.15) is 5.67 Å². The van der Waals surface area contributed by atoms with Crippen LogP contribution in [-0.4, -0.2) is 5.67 Å². The third kappa shape index (κ3) is 3.54. The number of hydrogen-bond donors (Lipinski definition) is 0. The first-order valence-electron chi connectivity index (χ1n) is 6.28. The van der Waals surface area contributed by atoms with Crippen LogP contribution >= 0.6 is 11.3 Å². The molecule has 1 aromatic heterocycles. The van der Waals surface area contributed by atoms with Crippen LogP contribution in [-0.2, 0) is 5.41 Å². The fraction of sp³-hybridized carbons (Fsp3) is 0.733. The van der Waals surface area contributed by atoms with Gasteiger partial charge in [-0.3, -0.25) is 0 Å². The zero-order valence-corrected chi connectivity index (χ0v) is 12.7. The molecule has 0 atom stereocenters. The van der Waals surface area contributed by atoms with E-state index in [1.54, 1.807) is 25.2 Å². The van der Waals surface area contributed by atoms with Crippen LogP contribution in [0.15, 0.2) is 16.8 Å². The molecule has 0 aliphatic carbocycles. The van der Waals surface area contributed by atoms with E-state index in [4.69, 9.17) is 0 Å². The summed E-state index contributed by atoms with van der Waals surface area (Å²) < 4.78 is 14.1. The number of halogens is 1. The second-order valence-electron chi connectivity index (χ2n) is 6.75. The van der Waals surface area contributed by atoms with E-state index in [0.29, 0.717) is 0 Å². The molecule has 0 unspecified atom stereocenters. The monoisotopic (exact) mass is 256 g/mol. The highest BCUT2D eigenvalue weighted by atomic mass is 32.1. The van der Waals surface area contributed by atoms with Crippen LogP contribution in [0.1, 0.15) is 59.9 Å². The second-order valence-corrected chi connectivity index (χ2v) is 7.53. The van der Waals surface area contributed by atoms with Crippen molar-refractivity contribution in [1.29, 1.82) is 0 Å². The number of alkyl halides is 1. The molecule has 1 heterocycles. The van der Waals surface area contributed by atoms with Crippen molar-refractivity contribution in [2.45, 2.75) is 65.5 Å². The highest BCUT2D eigenvalue weighted by Gasteiger charge is 2.38. The van der Waals surface area contributed by atoms with Gasteiger partial charge < -0.3 is 0 Å². The van der Waals surface area contributed by atoms with E-state index in [1.165, 1.54) is 5.56 Å². The van der Waals surface area contributed by atoms with E-state index < -0.39 is 5.67 Å². The summed E-state index contributed by atoms with van der Waals surface area (Å²) in [6.45, 7) is 11.9. The summed E-state index contributed by atoms with van der Waals surface area (Å²) in [5.41, 5.74) is 0.107. The lowest BCUT2D eigenvalue weighted by Gasteiger charge is -2.37. The summed E-state index contributed by atoms with van der Waals surface area (Å²) >= 11 is 1.73. The SMILES string of the molecule is CC(C)(CCC(C)(C)C(C)(C)F)c1ccsc1. The first-order chi connectivity index (χ1) is 7.56. The Morgan fingerprint density at radius 3 is 2.06 bits per heavy atom. The Kier molecular flexibility index (Phi) is 4.08. The number of rotatable bonds is 5. The Hall–Kier alpha value is -0.370. The van der Waals surface area contributed by atoms with Gasteiger partial charge >= 0.3 is 0 Å². The van der Waals surface area contributed by atoms with Gasteiger partial charge in [0.2, 0.25) is 0 Å². The molecule has 0 N–H and O–H groups in total. The van der Waals surface area contributed by atoms with E-state index in [0.717, 1.165) is 12.8 Å². The molecule has 0 nitrogen and oxygen atoms in total. The third-order valence-electron chi connectivity index (χ3n) is 4.29. The van der Waals surface area contributed by atoms with Gasteiger partial charge in [-0.2, -0.15) is 11.3 Å². The predicted molar refractivity (Wildman–Crippen MR) is 75.5 cm³/mol. The highest BCUT2D eigenvalue weighted by molar-refractivity contribution is 7.08. The molecule has 0 spiro atoms. The maximum Gasteiger partial charge on any atom is 0.110 e. The molecule has 0 aromatic carbocycles. The van der Waals surface area contributed by atoms with Crippen molar-refractivity contribution in [3.63, 3.8) is 0 Å². The maximum atomic E-state index is 14.1. The molecule has 0 saturated heterocycles. The quantitative estimate of drug-likeness (QED) is 0.645.